The predicted octanol–water partition coefficient (Wildman–Crippen LogP) is 0.914. The van der Waals surface area contributed by atoms with Crippen molar-refractivity contribution >= 4 is 27.1 Å². The Morgan fingerprint density at radius 2 is 1.64 bits per heavy atom. The molecule has 6 heteroatoms. The summed E-state index contributed by atoms with van der Waals surface area (Å²) in [6, 6.07) is 0. The monoisotopic (exact) mass is 218 g/mol. The van der Waals surface area contributed by atoms with Crippen LogP contribution in [0.25, 0.3) is 0 Å². The van der Waals surface area contributed by atoms with Crippen molar-refractivity contribution in [1.82, 2.24) is 0 Å². The molecule has 0 atom stereocenters. The molecule has 0 spiro atoms. The van der Waals surface area contributed by atoms with E-state index in [9.17, 15) is 9.59 Å². The van der Waals surface area contributed by atoms with E-state index in [0.29, 0.717) is 6.61 Å². The second kappa shape index (κ2) is 7.80. The first-order chi connectivity index (χ1) is 6.56. The van der Waals surface area contributed by atoms with Crippen LogP contribution in [-0.2, 0) is 21.0 Å². The van der Waals surface area contributed by atoms with Gasteiger partial charge in [-0.25, -0.2) is 0 Å². The molecular weight excluding hydrogens is 203 g/mol. The van der Waals surface area contributed by atoms with Gasteiger partial charge in [-0.15, -0.1) is 0 Å². The molecule has 14 heavy (non-hydrogen) atoms. The lowest BCUT2D eigenvalue weighted by Gasteiger charge is -2.10. The molecule has 0 aromatic rings. The average molecular weight is 218 g/mol. The molecule has 5 nitrogen and oxygen atoms in total. The fourth-order valence-electron chi connectivity index (χ4n) is 0.687. The largest absolute Gasteiger partial charge is 1.10 e. The SMILES string of the molecule is CCCC[O][Al]([O]C(C)=O)[O]C(C)=O. The average Bonchev–Trinajstić information content (AvgIpc) is 2.02. The maximum atomic E-state index is 10.6. The smallest absolute Gasteiger partial charge is 0.562 e. The van der Waals surface area contributed by atoms with Crippen LogP contribution in [0.3, 0.4) is 0 Å². The minimum absolute atomic E-state index is 0.452. The number of unbranched alkanes of at least 4 members (excludes halogenated alkanes) is 1. The molecule has 0 saturated heterocycles. The normalized spacial score (nSPS) is 9.36. The quantitative estimate of drug-likeness (QED) is 0.490. The summed E-state index contributed by atoms with van der Waals surface area (Å²) in [6.07, 6.45) is 1.83. The van der Waals surface area contributed by atoms with E-state index in [-0.39, 0.29) is 0 Å². The van der Waals surface area contributed by atoms with Crippen molar-refractivity contribution in [3.63, 3.8) is 0 Å². The first-order valence-corrected chi connectivity index (χ1v) is 5.93. The van der Waals surface area contributed by atoms with Crippen molar-refractivity contribution in [3.8, 4) is 0 Å². The van der Waals surface area contributed by atoms with Gasteiger partial charge in [0.15, 0.2) is 0 Å². The van der Waals surface area contributed by atoms with Crippen LogP contribution >= 0.6 is 0 Å². The lowest BCUT2D eigenvalue weighted by Crippen LogP contribution is -2.31. The Morgan fingerprint density at radius 3 is 2.00 bits per heavy atom. The van der Waals surface area contributed by atoms with Gasteiger partial charge in [-0.1, -0.05) is 13.3 Å². The van der Waals surface area contributed by atoms with Gasteiger partial charge < -0.3 is 11.4 Å². The zero-order valence-corrected chi connectivity index (χ0v) is 9.89. The maximum Gasteiger partial charge on any atom is 1.10 e. The highest BCUT2D eigenvalue weighted by Crippen LogP contribution is 1.97. The van der Waals surface area contributed by atoms with Crippen molar-refractivity contribution in [2.75, 3.05) is 6.61 Å². The van der Waals surface area contributed by atoms with E-state index in [4.69, 9.17) is 11.4 Å². The van der Waals surface area contributed by atoms with E-state index in [2.05, 4.69) is 0 Å². The Labute approximate surface area is 88.7 Å². The van der Waals surface area contributed by atoms with E-state index in [1.54, 1.807) is 0 Å². The fourth-order valence-corrected chi connectivity index (χ4v) is 1.77. The van der Waals surface area contributed by atoms with Crippen LogP contribution in [-0.4, -0.2) is 33.7 Å². The summed E-state index contributed by atoms with van der Waals surface area (Å²) in [7, 11) is 0. The van der Waals surface area contributed by atoms with Crippen LogP contribution in [0.15, 0.2) is 0 Å². The lowest BCUT2D eigenvalue weighted by molar-refractivity contribution is -0.140. The van der Waals surface area contributed by atoms with E-state index < -0.39 is 27.1 Å². The van der Waals surface area contributed by atoms with Crippen LogP contribution in [0.5, 0.6) is 0 Å². The van der Waals surface area contributed by atoms with Crippen LogP contribution in [0.4, 0.5) is 0 Å². The van der Waals surface area contributed by atoms with Crippen molar-refractivity contribution in [1.29, 1.82) is 0 Å². The molecule has 0 aromatic heterocycles. The fraction of sp³-hybridized carbons (Fsp3) is 0.750. The highest BCUT2D eigenvalue weighted by molar-refractivity contribution is 6.41. The molecule has 80 valence electrons. The first kappa shape index (κ1) is 13.4. The highest BCUT2D eigenvalue weighted by Gasteiger charge is 2.41. The van der Waals surface area contributed by atoms with Gasteiger partial charge >= 0.3 is 15.1 Å². The van der Waals surface area contributed by atoms with Crippen molar-refractivity contribution in [2.24, 2.45) is 0 Å². The van der Waals surface area contributed by atoms with E-state index in [0.717, 1.165) is 12.8 Å². The van der Waals surface area contributed by atoms with Crippen molar-refractivity contribution in [2.45, 2.75) is 33.6 Å². The van der Waals surface area contributed by atoms with Crippen LogP contribution in [0, 0.1) is 0 Å². The second-order valence-electron chi connectivity index (χ2n) is 2.73. The molecule has 0 amide bonds. The van der Waals surface area contributed by atoms with Gasteiger partial charge in [0, 0.05) is 20.5 Å². The van der Waals surface area contributed by atoms with Gasteiger partial charge in [0.25, 0.3) is 11.9 Å². The highest BCUT2D eigenvalue weighted by atomic mass is 27.3. The summed E-state index contributed by atoms with van der Waals surface area (Å²) in [5.41, 5.74) is 0. The number of carbonyl (C=O) groups excluding carboxylic acids is 2. The molecule has 0 aliphatic rings. The summed E-state index contributed by atoms with van der Waals surface area (Å²) in [4.78, 5) is 21.2. The number of rotatable bonds is 6. The Balaban J connectivity index is 3.84. The number of hydrogen-bond donors (Lipinski definition) is 0. The second-order valence-corrected chi connectivity index (χ2v) is 4.11. The summed E-state index contributed by atoms with van der Waals surface area (Å²) in [5, 5.41) is 0. The third-order valence-electron chi connectivity index (χ3n) is 1.28. The molecule has 0 aliphatic carbocycles. The Hall–Kier alpha value is -0.568. The van der Waals surface area contributed by atoms with Crippen LogP contribution in [0.1, 0.15) is 33.6 Å². The van der Waals surface area contributed by atoms with E-state index in [1.165, 1.54) is 13.8 Å². The third kappa shape index (κ3) is 8.05. The zero-order valence-electron chi connectivity index (χ0n) is 8.74. The maximum absolute atomic E-state index is 10.6. The van der Waals surface area contributed by atoms with E-state index >= 15 is 0 Å². The molecule has 0 fully saturated rings. The molecule has 0 heterocycles. The molecule has 0 radical (unpaired) electrons. The Morgan fingerprint density at radius 1 is 1.14 bits per heavy atom. The zero-order chi connectivity index (χ0) is 11.0. The molecule has 0 aromatic carbocycles. The van der Waals surface area contributed by atoms with Crippen molar-refractivity contribution < 1.29 is 21.0 Å². The minimum Gasteiger partial charge on any atom is -0.562 e. The molecule has 0 aliphatic heterocycles. The summed E-state index contributed by atoms with van der Waals surface area (Å²) in [6.45, 7) is 4.98. The molecule has 0 unspecified atom stereocenters. The third-order valence-corrected chi connectivity index (χ3v) is 2.83. The first-order valence-electron chi connectivity index (χ1n) is 4.52. The molecular formula is C8H15AlO5. The van der Waals surface area contributed by atoms with Gasteiger partial charge in [0.1, 0.15) is 0 Å². The van der Waals surface area contributed by atoms with Gasteiger partial charge in [0.2, 0.25) is 0 Å². The molecule has 0 rings (SSSR count). The van der Waals surface area contributed by atoms with Gasteiger partial charge in [0.05, 0.1) is 0 Å². The summed E-state index contributed by atoms with van der Waals surface area (Å²) < 4.78 is 14.6. The van der Waals surface area contributed by atoms with Crippen molar-refractivity contribution in [3.05, 3.63) is 0 Å². The number of carbonyl (C=O) groups is 2. The summed E-state index contributed by atoms with van der Waals surface area (Å²) >= 11 is -2.58. The number of hydrogen-bond acceptors (Lipinski definition) is 5. The van der Waals surface area contributed by atoms with Gasteiger partial charge in [-0.05, 0) is 6.42 Å². The van der Waals surface area contributed by atoms with E-state index in [1.807, 2.05) is 6.92 Å². The van der Waals surface area contributed by atoms with Crippen LogP contribution < -0.4 is 0 Å². The minimum atomic E-state index is -2.58. The van der Waals surface area contributed by atoms with Gasteiger partial charge in [-0.2, -0.15) is 0 Å². The van der Waals surface area contributed by atoms with Crippen LogP contribution in [0.2, 0.25) is 0 Å². The summed E-state index contributed by atoms with van der Waals surface area (Å²) in [5.74, 6) is -0.973. The molecule has 0 bridgehead atoms. The topological polar surface area (TPSA) is 61.8 Å². The predicted molar refractivity (Wildman–Crippen MR) is 50.1 cm³/mol. The Bertz CT molecular complexity index is 178. The lowest BCUT2D eigenvalue weighted by atomic mass is 10.4. The molecule has 0 N–H and O–H groups in total. The van der Waals surface area contributed by atoms with Gasteiger partial charge in [-0.3, -0.25) is 9.59 Å². The molecule has 0 saturated carbocycles. The Kier molecular flexibility index (Phi) is 7.48. The standard InChI is InChI=1S/C4H9O.2C2H4O2.Al/c1-2-3-4-5;2*1-2(3)4;/h2-4H2,1H3;2*1H3,(H,3,4);/q-1;;;+3/p-2.